The molecule has 0 atom stereocenters. The third-order valence-corrected chi connectivity index (χ3v) is 7.66. The highest BCUT2D eigenvalue weighted by molar-refractivity contribution is 7.86. The molecule has 3 aromatic rings. The third-order valence-electron chi connectivity index (χ3n) is 6.79. The van der Waals surface area contributed by atoms with Crippen LogP contribution in [0.4, 0.5) is 10.1 Å². The molecule has 234 valence electrons. The SMILES string of the molecule is CC1(C=O)CC1.CNc1ccc(Oc2ccnc3cc(OCCCN4CCOCC4)c(S(=O)(=O)O)cc23)c(F)c1.O=CO. The van der Waals surface area contributed by atoms with Crippen molar-refractivity contribution in [1.29, 1.82) is 0 Å². The number of morpholine rings is 1. The second-order valence-electron chi connectivity index (χ2n) is 10.1. The number of aromatic nitrogens is 1. The molecule has 0 bridgehead atoms. The molecular formula is C29H36FN3O9S. The van der Waals surface area contributed by atoms with E-state index in [1.165, 1.54) is 36.5 Å². The smallest absolute Gasteiger partial charge is 0.298 e. The van der Waals surface area contributed by atoms with Crippen molar-refractivity contribution < 1.29 is 46.3 Å². The second kappa shape index (κ2) is 15.6. The number of aldehydes is 1. The van der Waals surface area contributed by atoms with Crippen LogP contribution in [-0.4, -0.2) is 87.2 Å². The molecule has 2 aliphatic rings. The maximum atomic E-state index is 14.4. The molecule has 1 aliphatic heterocycles. The molecule has 2 heterocycles. The van der Waals surface area contributed by atoms with Crippen molar-refractivity contribution in [3.8, 4) is 17.2 Å². The van der Waals surface area contributed by atoms with Crippen LogP contribution in [0.1, 0.15) is 26.2 Å². The number of rotatable bonds is 10. The molecule has 0 spiro atoms. The fraction of sp³-hybridized carbons (Fsp3) is 0.414. The highest BCUT2D eigenvalue weighted by atomic mass is 32.2. The van der Waals surface area contributed by atoms with Crippen LogP contribution in [0.25, 0.3) is 10.9 Å². The van der Waals surface area contributed by atoms with E-state index in [4.69, 9.17) is 24.1 Å². The first-order valence-electron chi connectivity index (χ1n) is 13.6. The lowest BCUT2D eigenvalue weighted by Crippen LogP contribution is -2.37. The van der Waals surface area contributed by atoms with Crippen molar-refractivity contribution in [3.05, 3.63) is 48.4 Å². The minimum Gasteiger partial charge on any atom is -0.492 e. The fourth-order valence-electron chi connectivity index (χ4n) is 4.00. The van der Waals surface area contributed by atoms with Gasteiger partial charge < -0.3 is 29.4 Å². The number of anilines is 1. The number of fused-ring (bicyclic) bond motifs is 1. The molecular weight excluding hydrogens is 585 g/mol. The van der Waals surface area contributed by atoms with E-state index in [9.17, 15) is 22.2 Å². The van der Waals surface area contributed by atoms with E-state index < -0.39 is 20.8 Å². The van der Waals surface area contributed by atoms with E-state index in [-0.39, 0.29) is 41.1 Å². The van der Waals surface area contributed by atoms with Gasteiger partial charge in [0.2, 0.25) is 0 Å². The Hall–Kier alpha value is -3.85. The van der Waals surface area contributed by atoms with Gasteiger partial charge in [-0.15, -0.1) is 0 Å². The number of carbonyl (C=O) groups excluding carboxylic acids is 1. The zero-order valence-electron chi connectivity index (χ0n) is 24.0. The van der Waals surface area contributed by atoms with Crippen molar-refractivity contribution in [2.45, 2.75) is 31.1 Å². The largest absolute Gasteiger partial charge is 0.492 e. The molecule has 1 aliphatic carbocycles. The summed E-state index contributed by atoms with van der Waals surface area (Å²) in [6.45, 7) is 5.85. The maximum absolute atomic E-state index is 14.4. The van der Waals surface area contributed by atoms with Crippen molar-refractivity contribution in [3.63, 3.8) is 0 Å². The Bertz CT molecular complexity index is 1490. The number of ether oxygens (including phenoxy) is 3. The summed E-state index contributed by atoms with van der Waals surface area (Å²) < 4.78 is 65.2. The summed E-state index contributed by atoms with van der Waals surface area (Å²) in [5.74, 6) is -0.452. The van der Waals surface area contributed by atoms with Crippen LogP contribution in [0.15, 0.2) is 47.5 Å². The van der Waals surface area contributed by atoms with Gasteiger partial charge >= 0.3 is 0 Å². The van der Waals surface area contributed by atoms with E-state index in [1.807, 2.05) is 6.92 Å². The van der Waals surface area contributed by atoms with Gasteiger partial charge in [-0.05, 0) is 43.5 Å². The molecule has 1 aromatic heterocycles. The number of pyridine rings is 1. The lowest BCUT2D eigenvalue weighted by atomic mass is 10.2. The van der Waals surface area contributed by atoms with Crippen molar-refractivity contribution >= 4 is 39.5 Å². The summed E-state index contributed by atoms with van der Waals surface area (Å²) in [7, 11) is -2.94. The van der Waals surface area contributed by atoms with Gasteiger partial charge in [-0.2, -0.15) is 8.42 Å². The van der Waals surface area contributed by atoms with Gasteiger partial charge in [-0.25, -0.2) is 4.39 Å². The van der Waals surface area contributed by atoms with E-state index >= 15 is 0 Å². The Morgan fingerprint density at radius 3 is 2.37 bits per heavy atom. The first-order valence-corrected chi connectivity index (χ1v) is 15.0. The molecule has 5 rings (SSSR count). The lowest BCUT2D eigenvalue weighted by molar-refractivity contribution is -0.122. The Morgan fingerprint density at radius 1 is 1.12 bits per heavy atom. The first-order chi connectivity index (χ1) is 20.5. The van der Waals surface area contributed by atoms with Gasteiger partial charge in [0.15, 0.2) is 11.6 Å². The number of halogens is 1. The normalized spacial score (nSPS) is 15.6. The van der Waals surface area contributed by atoms with E-state index in [2.05, 4.69) is 15.2 Å². The van der Waals surface area contributed by atoms with Crippen LogP contribution in [0.3, 0.4) is 0 Å². The van der Waals surface area contributed by atoms with Gasteiger partial charge in [0.25, 0.3) is 16.6 Å². The van der Waals surface area contributed by atoms with E-state index in [0.29, 0.717) is 30.8 Å². The third kappa shape index (κ3) is 10.1. The Labute approximate surface area is 249 Å². The Morgan fingerprint density at radius 2 is 1.81 bits per heavy atom. The standard InChI is InChI=1S/C23H26FN3O6S.C5H8O.CH2O2/c1-25-16-3-4-21(18(24)13-16)33-20-5-6-26-19-15-22(23(14-17(19)20)34(28,29)30)32-10-2-7-27-8-11-31-12-9-27;1-5(4-6)2-3-5;2-1-3/h3-6,13-15,25H,2,7-12H2,1H3,(H,28,29,30);4H,2-3H2,1H3;1H,(H,2,3). The van der Waals surface area contributed by atoms with Crippen LogP contribution in [0.2, 0.25) is 0 Å². The van der Waals surface area contributed by atoms with Crippen molar-refractivity contribution in [2.75, 3.05) is 51.8 Å². The summed E-state index contributed by atoms with van der Waals surface area (Å²) in [4.78, 5) is 24.3. The summed E-state index contributed by atoms with van der Waals surface area (Å²) >= 11 is 0. The molecule has 0 amide bonds. The molecule has 0 radical (unpaired) electrons. The predicted molar refractivity (Wildman–Crippen MR) is 157 cm³/mol. The van der Waals surface area contributed by atoms with Gasteiger partial charge in [0.1, 0.15) is 22.7 Å². The summed E-state index contributed by atoms with van der Waals surface area (Å²) in [6, 6.07) is 8.54. The molecule has 12 nitrogen and oxygen atoms in total. The number of hydrogen-bond donors (Lipinski definition) is 3. The predicted octanol–water partition coefficient (Wildman–Crippen LogP) is 4.24. The number of benzene rings is 2. The minimum atomic E-state index is -4.61. The van der Waals surface area contributed by atoms with E-state index in [1.54, 1.807) is 13.1 Å². The van der Waals surface area contributed by atoms with Crippen LogP contribution in [0.5, 0.6) is 17.2 Å². The minimum absolute atomic E-state index is 0.00817. The number of nitrogens with one attached hydrogen (secondary N) is 1. The summed E-state index contributed by atoms with van der Waals surface area (Å²) in [6.07, 6.45) is 5.40. The number of hydrogen-bond acceptors (Lipinski definition) is 10. The van der Waals surface area contributed by atoms with Gasteiger partial charge in [-0.1, -0.05) is 6.92 Å². The van der Waals surface area contributed by atoms with Crippen LogP contribution < -0.4 is 14.8 Å². The van der Waals surface area contributed by atoms with Gasteiger partial charge in [0, 0.05) is 61.5 Å². The summed E-state index contributed by atoms with van der Waals surface area (Å²) in [5, 5.41) is 10.0. The van der Waals surface area contributed by atoms with Crippen LogP contribution >= 0.6 is 0 Å². The number of carbonyl (C=O) groups is 2. The average Bonchev–Trinajstić information content (AvgIpc) is 3.74. The number of nitrogens with zero attached hydrogens (tertiary/aromatic N) is 2. The quantitative estimate of drug-likeness (QED) is 0.168. The summed E-state index contributed by atoms with van der Waals surface area (Å²) in [5.41, 5.74) is 1.06. The highest BCUT2D eigenvalue weighted by Gasteiger charge is 2.36. The monoisotopic (exact) mass is 621 g/mol. The fourth-order valence-corrected chi connectivity index (χ4v) is 4.64. The van der Waals surface area contributed by atoms with Crippen molar-refractivity contribution in [2.24, 2.45) is 5.41 Å². The van der Waals surface area contributed by atoms with Gasteiger partial charge in [-0.3, -0.25) is 19.2 Å². The lowest BCUT2D eigenvalue weighted by Gasteiger charge is -2.26. The molecule has 1 saturated heterocycles. The average molecular weight is 622 g/mol. The van der Waals surface area contributed by atoms with Crippen LogP contribution in [-0.2, 0) is 24.4 Å². The van der Waals surface area contributed by atoms with Crippen LogP contribution in [0, 0.1) is 11.2 Å². The zero-order chi connectivity index (χ0) is 31.5. The Kier molecular flexibility index (Phi) is 12.2. The molecule has 3 N–H and O–H groups in total. The van der Waals surface area contributed by atoms with E-state index in [0.717, 1.165) is 38.8 Å². The highest BCUT2D eigenvalue weighted by Crippen LogP contribution is 2.42. The second-order valence-corrected chi connectivity index (χ2v) is 11.5. The molecule has 14 heteroatoms. The molecule has 43 heavy (non-hydrogen) atoms. The van der Waals surface area contributed by atoms with Gasteiger partial charge in [0.05, 0.1) is 25.3 Å². The molecule has 1 saturated carbocycles. The molecule has 2 fully saturated rings. The first kappa shape index (κ1) is 33.6. The zero-order valence-corrected chi connectivity index (χ0v) is 24.8. The molecule has 0 unspecified atom stereocenters. The number of carboxylic acid groups (broad SMARTS) is 1. The Balaban J connectivity index is 0.000000486. The van der Waals surface area contributed by atoms with Crippen molar-refractivity contribution in [1.82, 2.24) is 9.88 Å². The molecule has 2 aromatic carbocycles. The topological polar surface area (TPSA) is 165 Å². The maximum Gasteiger partial charge on any atom is 0.298 e.